The van der Waals surface area contributed by atoms with Crippen LogP contribution in [0.2, 0.25) is 0 Å². The number of hydrogen-bond donors (Lipinski definition) is 0. The fourth-order valence-corrected chi connectivity index (χ4v) is 4.62. The zero-order valence-electron chi connectivity index (χ0n) is 17.0. The van der Waals surface area contributed by atoms with Crippen molar-refractivity contribution in [3.05, 3.63) is 42.5 Å². The first-order valence-corrected chi connectivity index (χ1v) is 10.6. The van der Waals surface area contributed by atoms with E-state index in [4.69, 9.17) is 0 Å². The van der Waals surface area contributed by atoms with Crippen molar-refractivity contribution >= 4 is 17.4 Å². The average Bonchev–Trinajstić information content (AvgIpc) is 3.23. The first-order chi connectivity index (χ1) is 14.3. The fraction of sp³-hybridized carbons (Fsp3) is 0.524. The molecule has 0 aromatic carbocycles. The van der Waals surface area contributed by atoms with Crippen molar-refractivity contribution in [3.8, 4) is 0 Å². The van der Waals surface area contributed by atoms with Gasteiger partial charge in [0, 0.05) is 63.8 Å². The van der Waals surface area contributed by atoms with E-state index in [9.17, 15) is 0 Å². The highest BCUT2D eigenvalue weighted by Crippen LogP contribution is 2.25. The van der Waals surface area contributed by atoms with Gasteiger partial charge in [-0.15, -0.1) is 0 Å². The summed E-state index contributed by atoms with van der Waals surface area (Å²) in [6.45, 7) is 9.65. The molecule has 8 heteroatoms. The van der Waals surface area contributed by atoms with Gasteiger partial charge >= 0.3 is 0 Å². The monoisotopic (exact) mass is 392 g/mol. The molecule has 152 valence electrons. The normalized spacial score (nSPS) is 21.1. The summed E-state index contributed by atoms with van der Waals surface area (Å²) in [5.74, 6) is 3.58. The highest BCUT2D eigenvalue weighted by molar-refractivity contribution is 5.47. The summed E-state index contributed by atoms with van der Waals surface area (Å²) in [5, 5.41) is 4.39. The molecule has 0 N–H and O–H groups in total. The van der Waals surface area contributed by atoms with Crippen LogP contribution in [-0.2, 0) is 0 Å². The number of nitrogens with zero attached hydrogens (tertiary/aromatic N) is 8. The Labute approximate surface area is 171 Å². The number of pyridine rings is 1. The number of aryl methyl sites for hydroxylation is 1. The molecule has 8 nitrogen and oxygen atoms in total. The molecule has 5 heterocycles. The maximum atomic E-state index is 4.50. The summed E-state index contributed by atoms with van der Waals surface area (Å²) < 4.78 is 1.88. The summed E-state index contributed by atoms with van der Waals surface area (Å²) >= 11 is 0. The molecule has 3 aromatic rings. The first-order valence-electron chi connectivity index (χ1n) is 10.6. The van der Waals surface area contributed by atoms with Gasteiger partial charge in [0.1, 0.15) is 18.0 Å². The Morgan fingerprint density at radius 2 is 1.93 bits per heavy atom. The quantitative estimate of drug-likeness (QED) is 0.671. The second-order valence-corrected chi connectivity index (χ2v) is 8.16. The predicted octanol–water partition coefficient (Wildman–Crippen LogP) is 1.87. The number of anilines is 2. The Morgan fingerprint density at radius 1 is 1.03 bits per heavy atom. The van der Waals surface area contributed by atoms with Crippen molar-refractivity contribution in [3.63, 3.8) is 0 Å². The molecule has 1 atom stereocenters. The molecular weight excluding hydrogens is 364 g/mol. The lowest BCUT2D eigenvalue weighted by atomic mass is 9.97. The first kappa shape index (κ1) is 18.3. The maximum Gasteiger partial charge on any atom is 0.254 e. The number of hydrogen-bond acceptors (Lipinski definition) is 7. The van der Waals surface area contributed by atoms with Gasteiger partial charge in [0.25, 0.3) is 5.78 Å². The Hall–Kier alpha value is -2.74. The largest absolute Gasteiger partial charge is 0.356 e. The number of rotatable bonds is 4. The van der Waals surface area contributed by atoms with Gasteiger partial charge in [-0.2, -0.15) is 14.6 Å². The molecule has 2 aliphatic rings. The molecule has 3 aromatic heterocycles. The fourth-order valence-electron chi connectivity index (χ4n) is 4.62. The van der Waals surface area contributed by atoms with E-state index in [1.165, 1.54) is 12.8 Å². The van der Waals surface area contributed by atoms with Crippen LogP contribution in [0.25, 0.3) is 5.78 Å². The summed E-state index contributed by atoms with van der Waals surface area (Å²) in [6, 6.07) is 8.29. The minimum absolute atomic E-state index is 0.678. The van der Waals surface area contributed by atoms with Crippen LogP contribution in [0.1, 0.15) is 18.5 Å². The topological polar surface area (TPSA) is 65.7 Å². The van der Waals surface area contributed by atoms with Crippen LogP contribution in [0.3, 0.4) is 0 Å². The Balaban J connectivity index is 1.21. The van der Waals surface area contributed by atoms with E-state index in [1.54, 1.807) is 6.33 Å². The summed E-state index contributed by atoms with van der Waals surface area (Å²) in [5.41, 5.74) is 0.994. The third-order valence-electron chi connectivity index (χ3n) is 6.07. The second-order valence-electron chi connectivity index (χ2n) is 8.16. The third kappa shape index (κ3) is 3.89. The van der Waals surface area contributed by atoms with Gasteiger partial charge in [0.15, 0.2) is 0 Å². The molecule has 2 fully saturated rings. The zero-order chi connectivity index (χ0) is 19.6. The van der Waals surface area contributed by atoms with E-state index in [1.807, 2.05) is 23.7 Å². The van der Waals surface area contributed by atoms with Gasteiger partial charge in [-0.3, -0.25) is 4.90 Å². The van der Waals surface area contributed by atoms with Gasteiger partial charge in [-0.1, -0.05) is 6.07 Å². The molecule has 0 amide bonds. The van der Waals surface area contributed by atoms with Gasteiger partial charge in [-0.05, 0) is 37.8 Å². The number of aromatic nitrogens is 5. The molecule has 0 aliphatic carbocycles. The lowest BCUT2D eigenvalue weighted by molar-refractivity contribution is 0.205. The minimum atomic E-state index is 0.678. The van der Waals surface area contributed by atoms with E-state index >= 15 is 0 Å². The summed E-state index contributed by atoms with van der Waals surface area (Å²) in [7, 11) is 0. The van der Waals surface area contributed by atoms with Crippen molar-refractivity contribution in [2.45, 2.75) is 19.8 Å². The standard InChI is InChI=1S/C21H28N8/c1-17-13-20(29-21(25-17)23-16-24-29)28-8-4-5-18(15-28)14-26-9-11-27(12-10-26)19-6-2-3-7-22-19/h2-3,6-7,13,16,18H,4-5,8-12,14-15H2,1H3. The van der Waals surface area contributed by atoms with E-state index in [0.717, 1.165) is 63.1 Å². The molecule has 0 spiro atoms. The zero-order valence-corrected chi connectivity index (χ0v) is 17.0. The Morgan fingerprint density at radius 3 is 2.76 bits per heavy atom. The van der Waals surface area contributed by atoms with Crippen LogP contribution >= 0.6 is 0 Å². The molecule has 2 saturated heterocycles. The van der Waals surface area contributed by atoms with Crippen molar-refractivity contribution in [2.75, 3.05) is 55.6 Å². The molecule has 0 radical (unpaired) electrons. The second kappa shape index (κ2) is 7.94. The van der Waals surface area contributed by atoms with Gasteiger partial charge in [-0.25, -0.2) is 9.97 Å². The van der Waals surface area contributed by atoms with Crippen molar-refractivity contribution in [1.29, 1.82) is 0 Å². The van der Waals surface area contributed by atoms with Gasteiger partial charge < -0.3 is 9.80 Å². The van der Waals surface area contributed by atoms with Crippen LogP contribution in [0, 0.1) is 12.8 Å². The van der Waals surface area contributed by atoms with E-state index in [-0.39, 0.29) is 0 Å². The van der Waals surface area contributed by atoms with E-state index < -0.39 is 0 Å². The molecule has 2 aliphatic heterocycles. The van der Waals surface area contributed by atoms with Gasteiger partial charge in [0.2, 0.25) is 0 Å². The number of piperazine rings is 1. The van der Waals surface area contributed by atoms with Crippen LogP contribution in [0.4, 0.5) is 11.6 Å². The third-order valence-corrected chi connectivity index (χ3v) is 6.07. The number of piperidine rings is 1. The highest BCUT2D eigenvalue weighted by Gasteiger charge is 2.26. The molecule has 29 heavy (non-hydrogen) atoms. The molecule has 1 unspecified atom stereocenters. The predicted molar refractivity (Wildman–Crippen MR) is 113 cm³/mol. The van der Waals surface area contributed by atoms with Crippen molar-refractivity contribution in [2.24, 2.45) is 5.92 Å². The number of fused-ring (bicyclic) bond motifs is 1. The molecule has 0 saturated carbocycles. The van der Waals surface area contributed by atoms with Crippen molar-refractivity contribution < 1.29 is 0 Å². The molecular formula is C21H28N8. The van der Waals surface area contributed by atoms with Gasteiger partial charge in [0.05, 0.1) is 0 Å². The smallest absolute Gasteiger partial charge is 0.254 e. The van der Waals surface area contributed by atoms with Crippen LogP contribution in [-0.4, -0.2) is 75.3 Å². The average molecular weight is 393 g/mol. The van der Waals surface area contributed by atoms with Crippen LogP contribution in [0.15, 0.2) is 36.8 Å². The van der Waals surface area contributed by atoms with Crippen LogP contribution in [0.5, 0.6) is 0 Å². The molecule has 5 rings (SSSR count). The minimum Gasteiger partial charge on any atom is -0.356 e. The van der Waals surface area contributed by atoms with E-state index in [0.29, 0.717) is 11.7 Å². The highest BCUT2D eigenvalue weighted by atomic mass is 15.4. The summed E-state index contributed by atoms with van der Waals surface area (Å²) in [6.07, 6.45) is 5.98. The van der Waals surface area contributed by atoms with E-state index in [2.05, 4.69) is 52.9 Å². The van der Waals surface area contributed by atoms with Crippen molar-refractivity contribution in [1.82, 2.24) is 29.5 Å². The lowest BCUT2D eigenvalue weighted by Gasteiger charge is -2.40. The van der Waals surface area contributed by atoms with Crippen LogP contribution < -0.4 is 9.80 Å². The molecule has 0 bridgehead atoms. The Bertz CT molecular complexity index is 948. The summed E-state index contributed by atoms with van der Waals surface area (Å²) in [4.78, 5) is 20.7. The Kier molecular flexibility index (Phi) is 5.01. The SMILES string of the molecule is Cc1cc(N2CCCC(CN3CCN(c4ccccn4)CC3)C2)n2ncnc2n1. The maximum absolute atomic E-state index is 4.50. The lowest BCUT2D eigenvalue weighted by Crippen LogP contribution is -2.50.